The summed E-state index contributed by atoms with van der Waals surface area (Å²) in [5.74, 6) is -0.763. The number of nitrogens with zero attached hydrogens (tertiary/aromatic N) is 3. The van der Waals surface area contributed by atoms with Gasteiger partial charge in [0.05, 0.1) is 16.3 Å². The largest absolute Gasteiger partial charge is 0.456 e. The summed E-state index contributed by atoms with van der Waals surface area (Å²) in [5.41, 5.74) is -1.51. The van der Waals surface area contributed by atoms with E-state index in [0.717, 1.165) is 12.3 Å². The number of esters is 1. The van der Waals surface area contributed by atoms with Gasteiger partial charge in [0.1, 0.15) is 22.6 Å². The van der Waals surface area contributed by atoms with Gasteiger partial charge in [-0.1, -0.05) is 47.5 Å². The first-order valence-electron chi connectivity index (χ1n) is 11.5. The predicted octanol–water partition coefficient (Wildman–Crippen LogP) is 7.48. The lowest BCUT2D eigenvalue weighted by Gasteiger charge is -2.22. The van der Waals surface area contributed by atoms with Gasteiger partial charge in [0, 0.05) is 22.4 Å². The molecule has 202 valence electrons. The molecule has 0 aromatic carbocycles. The number of halogens is 5. The Balaban J connectivity index is 1.89. The molecule has 3 heterocycles. The molecule has 2 unspecified atom stereocenters. The molecule has 2 atom stereocenters. The molecule has 0 bridgehead atoms. The van der Waals surface area contributed by atoms with Gasteiger partial charge in [-0.3, -0.25) is 3.97 Å². The van der Waals surface area contributed by atoms with Crippen molar-refractivity contribution in [3.63, 3.8) is 0 Å². The van der Waals surface area contributed by atoms with Crippen molar-refractivity contribution in [1.29, 1.82) is 0 Å². The fourth-order valence-corrected chi connectivity index (χ4v) is 5.64. The van der Waals surface area contributed by atoms with Crippen molar-refractivity contribution in [2.45, 2.75) is 57.2 Å². The zero-order valence-electron chi connectivity index (χ0n) is 20.8. The Morgan fingerprint density at radius 1 is 1.24 bits per heavy atom. The lowest BCUT2D eigenvalue weighted by Crippen LogP contribution is -2.24. The summed E-state index contributed by atoms with van der Waals surface area (Å²) in [5, 5.41) is 11.5. The maximum Gasteiger partial charge on any atom is 0.433 e. The van der Waals surface area contributed by atoms with Crippen LogP contribution in [0.3, 0.4) is 0 Å². The quantitative estimate of drug-likeness (QED) is 0.247. The van der Waals surface area contributed by atoms with Crippen molar-refractivity contribution in [2.24, 2.45) is 0 Å². The summed E-state index contributed by atoms with van der Waals surface area (Å²) in [7, 11) is 0. The Hall–Kier alpha value is -2.53. The fraction of sp³-hybridized carbons (Fsp3) is 0.346. The van der Waals surface area contributed by atoms with Crippen molar-refractivity contribution >= 4 is 52.2 Å². The fourth-order valence-electron chi connectivity index (χ4n) is 3.88. The smallest absolute Gasteiger partial charge is 0.433 e. The number of hydrogen-bond acceptors (Lipinski definition) is 6. The number of hydrogen-bond donors (Lipinski definition) is 1. The highest BCUT2D eigenvalue weighted by Crippen LogP contribution is 2.41. The maximum absolute atomic E-state index is 13.6. The number of aliphatic hydroxyl groups is 1. The minimum Gasteiger partial charge on any atom is -0.456 e. The standard InChI is InChI=1S/C26H24Cl2F3N3O3S/c1-13-10-18(26(29,30)31)33-23-15(13)11-17(34(23)38-14-8-6-5-7-9-14)21(35)19-20(27)16(12-32-22(19)28)24(36)37-25(2,3)4/h5-8,10-12,14,21,35H,9H2,1-4H3. The van der Waals surface area contributed by atoms with Gasteiger partial charge in [-0.25, -0.2) is 14.8 Å². The maximum atomic E-state index is 13.6. The van der Waals surface area contributed by atoms with Crippen LogP contribution in [0, 0.1) is 6.92 Å². The van der Waals surface area contributed by atoms with Crippen LogP contribution in [0.15, 0.2) is 42.6 Å². The van der Waals surface area contributed by atoms with Crippen LogP contribution in [0.25, 0.3) is 11.0 Å². The second kappa shape index (κ2) is 10.6. The molecule has 0 spiro atoms. The van der Waals surface area contributed by atoms with Gasteiger partial charge in [0.2, 0.25) is 0 Å². The van der Waals surface area contributed by atoms with Gasteiger partial charge >= 0.3 is 12.1 Å². The van der Waals surface area contributed by atoms with Crippen molar-refractivity contribution in [2.75, 3.05) is 0 Å². The minimum atomic E-state index is -4.66. The number of pyridine rings is 2. The molecule has 1 N–H and O–H groups in total. The lowest BCUT2D eigenvalue weighted by molar-refractivity contribution is -0.141. The number of rotatable bonds is 5. The summed E-state index contributed by atoms with van der Waals surface area (Å²) in [4.78, 5) is 20.7. The average Bonchev–Trinajstić information content (AvgIpc) is 3.17. The summed E-state index contributed by atoms with van der Waals surface area (Å²) < 4.78 is 47.7. The predicted molar refractivity (Wildman–Crippen MR) is 143 cm³/mol. The monoisotopic (exact) mass is 585 g/mol. The number of aliphatic hydroxyl groups excluding tert-OH is 1. The van der Waals surface area contributed by atoms with E-state index in [0.29, 0.717) is 17.4 Å². The number of fused-ring (bicyclic) bond motifs is 1. The van der Waals surface area contributed by atoms with E-state index in [-0.39, 0.29) is 37.9 Å². The molecule has 0 saturated carbocycles. The second-order valence-corrected chi connectivity index (χ2v) is 11.6. The number of alkyl halides is 3. The topological polar surface area (TPSA) is 77.2 Å². The van der Waals surface area contributed by atoms with Crippen LogP contribution in [0.2, 0.25) is 10.2 Å². The molecule has 0 aliphatic heterocycles. The summed E-state index contributed by atoms with van der Waals surface area (Å²) in [6.45, 7) is 6.60. The number of aromatic nitrogens is 3. The molecule has 0 radical (unpaired) electrons. The van der Waals surface area contributed by atoms with Crippen LogP contribution in [0.1, 0.15) is 66.2 Å². The SMILES string of the molecule is Cc1cc(C(F)(F)F)nc2c1cc(C(O)c1c(Cl)ncc(C(=O)OC(C)(C)C)c1Cl)n2SC1C=CC=CC1. The molecule has 38 heavy (non-hydrogen) atoms. The summed E-state index contributed by atoms with van der Waals surface area (Å²) in [6.07, 6.45) is 3.10. The van der Waals surface area contributed by atoms with E-state index in [4.69, 9.17) is 27.9 Å². The van der Waals surface area contributed by atoms with Crippen molar-refractivity contribution in [3.8, 4) is 0 Å². The van der Waals surface area contributed by atoms with Gasteiger partial charge in [0.25, 0.3) is 0 Å². The molecule has 0 saturated heterocycles. The van der Waals surface area contributed by atoms with Gasteiger partial charge in [0.15, 0.2) is 5.65 Å². The highest BCUT2D eigenvalue weighted by atomic mass is 35.5. The molecule has 1 aliphatic carbocycles. The number of allylic oxidation sites excluding steroid dienone is 3. The molecule has 3 aromatic rings. The van der Waals surface area contributed by atoms with Gasteiger partial charge < -0.3 is 9.84 Å². The number of aryl methyl sites for hydroxylation is 1. The molecule has 0 fully saturated rings. The third-order valence-electron chi connectivity index (χ3n) is 5.61. The Kier molecular flexibility index (Phi) is 7.91. The normalized spacial score (nSPS) is 16.7. The van der Waals surface area contributed by atoms with Crippen molar-refractivity contribution in [3.05, 3.63) is 80.9 Å². The van der Waals surface area contributed by atoms with E-state index in [1.807, 2.05) is 24.3 Å². The molecule has 6 nitrogen and oxygen atoms in total. The first kappa shape index (κ1) is 28.5. The van der Waals surface area contributed by atoms with Gasteiger partial charge in [-0.15, -0.1) is 0 Å². The molecule has 4 rings (SSSR count). The minimum absolute atomic E-state index is 0.0304. The first-order valence-corrected chi connectivity index (χ1v) is 13.1. The van der Waals surface area contributed by atoms with Gasteiger partial charge in [-0.2, -0.15) is 13.2 Å². The number of carbonyl (C=O) groups is 1. The second-order valence-electron chi connectivity index (χ2n) is 9.71. The van der Waals surface area contributed by atoms with Crippen molar-refractivity contribution < 1.29 is 27.8 Å². The molecule has 12 heteroatoms. The Morgan fingerprint density at radius 2 is 1.95 bits per heavy atom. The highest BCUT2D eigenvalue weighted by molar-refractivity contribution is 7.98. The average molecular weight is 586 g/mol. The Morgan fingerprint density at radius 3 is 2.55 bits per heavy atom. The van der Waals surface area contributed by atoms with E-state index in [9.17, 15) is 23.1 Å². The van der Waals surface area contributed by atoms with Gasteiger partial charge in [-0.05, 0) is 63.8 Å². The third kappa shape index (κ3) is 5.88. The first-order chi connectivity index (χ1) is 17.7. The zero-order chi connectivity index (χ0) is 28.0. The molecular weight excluding hydrogens is 562 g/mol. The number of carbonyl (C=O) groups excluding carboxylic acids is 1. The molecular formula is C26H24Cl2F3N3O3S. The van der Waals surface area contributed by atoms with E-state index < -0.39 is 29.5 Å². The van der Waals surface area contributed by atoms with Crippen LogP contribution in [-0.2, 0) is 10.9 Å². The summed E-state index contributed by atoms with van der Waals surface area (Å²) >= 11 is 14.1. The highest BCUT2D eigenvalue weighted by Gasteiger charge is 2.35. The van der Waals surface area contributed by atoms with Crippen LogP contribution in [-0.4, -0.2) is 35.9 Å². The van der Waals surface area contributed by atoms with Crippen LogP contribution in [0.5, 0.6) is 0 Å². The Labute approximate surface area is 231 Å². The summed E-state index contributed by atoms with van der Waals surface area (Å²) in [6, 6.07) is 2.51. The van der Waals surface area contributed by atoms with E-state index >= 15 is 0 Å². The number of ether oxygens (including phenoxy) is 1. The van der Waals surface area contributed by atoms with E-state index in [1.54, 1.807) is 26.8 Å². The van der Waals surface area contributed by atoms with Crippen molar-refractivity contribution in [1.82, 2.24) is 13.9 Å². The van der Waals surface area contributed by atoms with E-state index in [2.05, 4.69) is 9.97 Å². The molecule has 3 aromatic heterocycles. The van der Waals surface area contributed by atoms with Crippen LogP contribution in [0.4, 0.5) is 13.2 Å². The Bertz CT molecular complexity index is 1460. The van der Waals surface area contributed by atoms with Crippen LogP contribution >= 0.6 is 35.1 Å². The third-order valence-corrected chi connectivity index (χ3v) is 7.53. The van der Waals surface area contributed by atoms with E-state index in [1.165, 1.54) is 22.8 Å². The molecule has 0 amide bonds. The lowest BCUT2D eigenvalue weighted by atomic mass is 10.1. The van der Waals surface area contributed by atoms with Crippen LogP contribution < -0.4 is 0 Å². The zero-order valence-corrected chi connectivity index (χ0v) is 23.1. The molecule has 1 aliphatic rings.